The average Bonchev–Trinajstić information content (AvgIpc) is 2.37. The van der Waals surface area contributed by atoms with E-state index in [2.05, 4.69) is 0 Å². The predicted molar refractivity (Wildman–Crippen MR) is 70.1 cm³/mol. The molecule has 0 aliphatic carbocycles. The van der Waals surface area contributed by atoms with Crippen LogP contribution in [-0.2, 0) is 14.8 Å². The molecular formula is C13H15F2NO4S. The summed E-state index contributed by atoms with van der Waals surface area (Å²) in [4.78, 5) is 10.2. The number of carboxylic acid groups (broad SMARTS) is 1. The molecule has 0 spiro atoms. The zero-order valence-electron chi connectivity index (χ0n) is 11.1. The van der Waals surface area contributed by atoms with Crippen molar-refractivity contribution in [1.29, 1.82) is 0 Å². The number of carboxylic acids is 1. The van der Waals surface area contributed by atoms with Crippen molar-refractivity contribution >= 4 is 16.0 Å². The number of carbonyl (C=O) groups is 1. The maximum absolute atomic E-state index is 13.7. The van der Waals surface area contributed by atoms with Crippen LogP contribution in [0, 0.1) is 11.6 Å². The highest BCUT2D eigenvalue weighted by Crippen LogP contribution is 2.28. The van der Waals surface area contributed by atoms with Gasteiger partial charge in [0.15, 0.2) is 0 Å². The Morgan fingerprint density at radius 2 is 2.05 bits per heavy atom. The smallest absolute Gasteiger partial charge is 0.304 e. The fourth-order valence-electron chi connectivity index (χ4n) is 2.51. The van der Waals surface area contributed by atoms with E-state index in [1.54, 1.807) is 0 Å². The van der Waals surface area contributed by atoms with Crippen LogP contribution in [0.2, 0.25) is 0 Å². The van der Waals surface area contributed by atoms with Gasteiger partial charge in [0, 0.05) is 18.7 Å². The summed E-state index contributed by atoms with van der Waals surface area (Å²) < 4.78 is 52.6. The van der Waals surface area contributed by atoms with Crippen LogP contribution in [0.5, 0.6) is 0 Å². The molecule has 0 radical (unpaired) electrons. The molecule has 0 bridgehead atoms. The van der Waals surface area contributed by atoms with Crippen LogP contribution in [-0.4, -0.2) is 36.4 Å². The third-order valence-corrected chi connectivity index (χ3v) is 5.45. The number of piperidine rings is 1. The molecule has 1 N–H and O–H groups in total. The lowest BCUT2D eigenvalue weighted by Gasteiger charge is -2.33. The van der Waals surface area contributed by atoms with Crippen LogP contribution in [0.25, 0.3) is 0 Å². The minimum Gasteiger partial charge on any atom is -0.481 e. The minimum absolute atomic E-state index is 0.136. The summed E-state index contributed by atoms with van der Waals surface area (Å²) >= 11 is 0. The molecule has 1 aliphatic heterocycles. The lowest BCUT2D eigenvalue weighted by molar-refractivity contribution is -0.138. The molecule has 0 amide bonds. The van der Waals surface area contributed by atoms with Crippen molar-refractivity contribution in [2.45, 2.75) is 36.6 Å². The van der Waals surface area contributed by atoms with Gasteiger partial charge in [-0.25, -0.2) is 17.2 Å². The Morgan fingerprint density at radius 3 is 2.67 bits per heavy atom. The van der Waals surface area contributed by atoms with Crippen LogP contribution >= 0.6 is 0 Å². The van der Waals surface area contributed by atoms with E-state index in [1.807, 2.05) is 0 Å². The minimum atomic E-state index is -4.18. The molecule has 21 heavy (non-hydrogen) atoms. The van der Waals surface area contributed by atoms with Crippen molar-refractivity contribution in [1.82, 2.24) is 4.31 Å². The maximum atomic E-state index is 13.7. The molecule has 1 heterocycles. The maximum Gasteiger partial charge on any atom is 0.304 e. The molecule has 1 fully saturated rings. The third-order valence-electron chi connectivity index (χ3n) is 3.46. The van der Waals surface area contributed by atoms with Gasteiger partial charge in [0.25, 0.3) is 0 Å². The van der Waals surface area contributed by atoms with Crippen molar-refractivity contribution in [3.05, 3.63) is 29.8 Å². The van der Waals surface area contributed by atoms with Crippen LogP contribution in [0.4, 0.5) is 8.78 Å². The topological polar surface area (TPSA) is 74.7 Å². The van der Waals surface area contributed by atoms with Crippen molar-refractivity contribution < 1.29 is 27.1 Å². The van der Waals surface area contributed by atoms with Gasteiger partial charge in [0.2, 0.25) is 10.0 Å². The molecule has 1 aromatic carbocycles. The highest BCUT2D eigenvalue weighted by atomic mass is 32.2. The third kappa shape index (κ3) is 3.38. The van der Waals surface area contributed by atoms with E-state index in [9.17, 15) is 22.0 Å². The number of nitrogens with zero attached hydrogens (tertiary/aromatic N) is 1. The Morgan fingerprint density at radius 1 is 1.33 bits per heavy atom. The summed E-state index contributed by atoms with van der Waals surface area (Å²) in [6.07, 6.45) is 1.38. The number of halogens is 2. The first-order valence-corrected chi connectivity index (χ1v) is 7.95. The van der Waals surface area contributed by atoms with Gasteiger partial charge in [0.05, 0.1) is 6.42 Å². The molecule has 8 heteroatoms. The molecule has 0 aromatic heterocycles. The summed E-state index contributed by atoms with van der Waals surface area (Å²) in [5, 5.41) is 8.87. The molecule has 1 aromatic rings. The van der Waals surface area contributed by atoms with Gasteiger partial charge in [-0.05, 0) is 25.0 Å². The van der Waals surface area contributed by atoms with Crippen LogP contribution in [0.1, 0.15) is 25.7 Å². The second kappa shape index (κ2) is 6.07. The first-order valence-electron chi connectivity index (χ1n) is 6.51. The van der Waals surface area contributed by atoms with E-state index in [4.69, 9.17) is 5.11 Å². The fraction of sp³-hybridized carbons (Fsp3) is 0.462. The van der Waals surface area contributed by atoms with Gasteiger partial charge in [-0.3, -0.25) is 4.79 Å². The second-order valence-corrected chi connectivity index (χ2v) is 6.80. The van der Waals surface area contributed by atoms with Crippen LogP contribution in [0.3, 0.4) is 0 Å². The van der Waals surface area contributed by atoms with Crippen molar-refractivity contribution in [3.8, 4) is 0 Å². The standard InChI is InChI=1S/C13H15F2NO4S/c14-9-4-5-12(11(15)7-9)21(19,20)16-6-2-1-3-10(16)8-13(17)18/h4-5,7,10H,1-3,6,8H2,(H,17,18). The van der Waals surface area contributed by atoms with Crippen molar-refractivity contribution in [2.24, 2.45) is 0 Å². The first kappa shape index (κ1) is 15.8. The quantitative estimate of drug-likeness (QED) is 0.921. The van der Waals surface area contributed by atoms with Crippen LogP contribution in [0.15, 0.2) is 23.1 Å². The number of sulfonamides is 1. The number of hydrogen-bond donors (Lipinski definition) is 1. The fourth-order valence-corrected chi connectivity index (χ4v) is 4.25. The lowest BCUT2D eigenvalue weighted by atomic mass is 10.0. The van der Waals surface area contributed by atoms with E-state index in [0.29, 0.717) is 18.9 Å². The van der Waals surface area contributed by atoms with E-state index >= 15 is 0 Å². The monoisotopic (exact) mass is 319 g/mol. The highest BCUT2D eigenvalue weighted by molar-refractivity contribution is 7.89. The van der Waals surface area contributed by atoms with Gasteiger partial charge in [-0.2, -0.15) is 4.31 Å². The molecule has 1 aliphatic rings. The molecule has 0 saturated carbocycles. The second-order valence-electron chi connectivity index (χ2n) is 4.94. The number of aliphatic carboxylic acids is 1. The SMILES string of the molecule is O=C(O)CC1CCCCN1S(=O)(=O)c1ccc(F)cc1F. The number of rotatable bonds is 4. The molecule has 5 nitrogen and oxygen atoms in total. The number of hydrogen-bond acceptors (Lipinski definition) is 3. The Hall–Kier alpha value is -1.54. The zero-order chi connectivity index (χ0) is 15.6. The summed E-state index contributed by atoms with van der Waals surface area (Å²) in [7, 11) is -4.18. The normalized spacial score (nSPS) is 20.4. The van der Waals surface area contributed by atoms with Crippen molar-refractivity contribution in [3.63, 3.8) is 0 Å². The zero-order valence-corrected chi connectivity index (χ0v) is 11.9. The summed E-state index contributed by atoms with van der Waals surface area (Å²) in [5.41, 5.74) is 0. The Balaban J connectivity index is 2.38. The average molecular weight is 319 g/mol. The Labute approximate surface area is 121 Å². The summed E-state index contributed by atoms with van der Waals surface area (Å²) in [5.74, 6) is -3.15. The molecule has 2 rings (SSSR count). The van der Waals surface area contributed by atoms with Gasteiger partial charge in [-0.15, -0.1) is 0 Å². The molecular weight excluding hydrogens is 304 g/mol. The molecule has 116 valence electrons. The predicted octanol–water partition coefficient (Wildman–Crippen LogP) is 1.98. The van der Waals surface area contributed by atoms with E-state index < -0.39 is 38.6 Å². The van der Waals surface area contributed by atoms with Gasteiger partial charge in [-0.1, -0.05) is 6.42 Å². The summed E-state index contributed by atoms with van der Waals surface area (Å²) in [6, 6.07) is 1.53. The molecule has 1 saturated heterocycles. The van der Waals surface area contributed by atoms with Gasteiger partial charge >= 0.3 is 5.97 Å². The largest absolute Gasteiger partial charge is 0.481 e. The number of benzene rings is 1. The van der Waals surface area contributed by atoms with Gasteiger partial charge < -0.3 is 5.11 Å². The highest BCUT2D eigenvalue weighted by Gasteiger charge is 2.36. The Bertz CT molecular complexity index is 648. The lowest BCUT2D eigenvalue weighted by Crippen LogP contribution is -2.44. The van der Waals surface area contributed by atoms with Gasteiger partial charge in [0.1, 0.15) is 16.5 Å². The van der Waals surface area contributed by atoms with E-state index in [0.717, 1.165) is 22.9 Å². The first-order chi connectivity index (χ1) is 9.82. The summed E-state index contributed by atoms with van der Waals surface area (Å²) in [6.45, 7) is 0.136. The van der Waals surface area contributed by atoms with E-state index in [-0.39, 0.29) is 13.0 Å². The van der Waals surface area contributed by atoms with Crippen LogP contribution < -0.4 is 0 Å². The Kier molecular flexibility index (Phi) is 4.58. The molecule has 1 atom stereocenters. The molecule has 1 unspecified atom stereocenters. The van der Waals surface area contributed by atoms with Crippen molar-refractivity contribution in [2.75, 3.05) is 6.54 Å². The van der Waals surface area contributed by atoms with E-state index in [1.165, 1.54) is 0 Å².